The van der Waals surface area contributed by atoms with Crippen LogP contribution >= 0.6 is 0 Å². The monoisotopic (exact) mass is 277 g/mol. The summed E-state index contributed by atoms with van der Waals surface area (Å²) in [4.78, 5) is 11.0. The molecule has 1 heterocycles. The molecule has 9 nitrogen and oxygen atoms in total. The van der Waals surface area contributed by atoms with E-state index in [1.54, 1.807) is 18.7 Å². The number of nitrogens with two attached hydrogens (primary N) is 1. The first kappa shape index (κ1) is 14.3. The molecule has 18 heavy (non-hydrogen) atoms. The molecular weight excluding hydrogens is 262 g/mol. The number of aryl methyl sites for hydroxylation is 1. The van der Waals surface area contributed by atoms with Gasteiger partial charge in [0, 0.05) is 19.2 Å². The third-order valence-electron chi connectivity index (χ3n) is 1.96. The smallest absolute Gasteiger partial charge is 0.422 e. The van der Waals surface area contributed by atoms with Gasteiger partial charge in [0.15, 0.2) is 0 Å². The Kier molecular flexibility index (Phi) is 4.50. The summed E-state index contributed by atoms with van der Waals surface area (Å²) in [5.74, 6) is 0.189. The summed E-state index contributed by atoms with van der Waals surface area (Å²) >= 11 is 0. The van der Waals surface area contributed by atoms with Crippen LogP contribution in [0.1, 0.15) is 12.5 Å². The highest BCUT2D eigenvalue weighted by Crippen LogP contribution is 2.14. The highest BCUT2D eigenvalue weighted by atomic mass is 32.2. The number of nitrogens with one attached hydrogen (secondary N) is 2. The fraction of sp³-hybridized carbons (Fsp3) is 0.500. The average molecular weight is 277 g/mol. The molecule has 0 spiro atoms. The van der Waals surface area contributed by atoms with Gasteiger partial charge >= 0.3 is 16.3 Å². The van der Waals surface area contributed by atoms with Crippen LogP contribution in [0.25, 0.3) is 0 Å². The van der Waals surface area contributed by atoms with Gasteiger partial charge in [0.05, 0.1) is 12.8 Å². The van der Waals surface area contributed by atoms with Crippen molar-refractivity contribution in [1.29, 1.82) is 0 Å². The van der Waals surface area contributed by atoms with E-state index < -0.39 is 16.3 Å². The number of carbonyl (C=O) groups is 1. The van der Waals surface area contributed by atoms with E-state index in [0.29, 0.717) is 5.56 Å². The number of hydrogen-bond acceptors (Lipinski definition) is 6. The molecule has 0 aliphatic rings. The molecule has 0 saturated carbocycles. The second kappa shape index (κ2) is 5.69. The normalized spacial score (nSPS) is 11.1. The SMILES string of the molecule is CCOC(=O)NS(=O)(=O)Nc1c(CN)cnn1C. The molecule has 1 rings (SSSR count). The van der Waals surface area contributed by atoms with Gasteiger partial charge in [-0.3, -0.25) is 4.68 Å². The molecular formula is C8H15N5O4S. The first-order valence-corrected chi connectivity index (χ1v) is 6.56. The number of ether oxygens (including phenoxy) is 1. The van der Waals surface area contributed by atoms with Gasteiger partial charge < -0.3 is 10.5 Å². The van der Waals surface area contributed by atoms with Crippen molar-refractivity contribution in [2.24, 2.45) is 12.8 Å². The highest BCUT2D eigenvalue weighted by molar-refractivity contribution is 7.91. The topological polar surface area (TPSA) is 128 Å². The van der Waals surface area contributed by atoms with Gasteiger partial charge in [-0.25, -0.2) is 14.2 Å². The molecule has 0 unspecified atom stereocenters. The van der Waals surface area contributed by atoms with Crippen molar-refractivity contribution < 1.29 is 17.9 Å². The van der Waals surface area contributed by atoms with Crippen molar-refractivity contribution in [3.05, 3.63) is 11.8 Å². The number of nitrogens with zero attached hydrogens (tertiary/aromatic N) is 2. The molecule has 0 atom stereocenters. The Morgan fingerprint density at radius 1 is 1.61 bits per heavy atom. The number of aromatic nitrogens is 2. The minimum atomic E-state index is -4.07. The maximum atomic E-state index is 11.6. The van der Waals surface area contributed by atoms with E-state index >= 15 is 0 Å². The lowest BCUT2D eigenvalue weighted by Gasteiger charge is -2.10. The Hall–Kier alpha value is -1.81. The van der Waals surface area contributed by atoms with Crippen LogP contribution in [0.2, 0.25) is 0 Å². The van der Waals surface area contributed by atoms with E-state index in [1.165, 1.54) is 10.9 Å². The molecule has 0 fully saturated rings. The molecule has 0 radical (unpaired) electrons. The van der Waals surface area contributed by atoms with Gasteiger partial charge in [0.2, 0.25) is 0 Å². The molecule has 1 aromatic heterocycles. The largest absolute Gasteiger partial charge is 0.449 e. The van der Waals surface area contributed by atoms with Crippen LogP contribution in [0.5, 0.6) is 0 Å². The zero-order valence-electron chi connectivity index (χ0n) is 10.0. The zero-order valence-corrected chi connectivity index (χ0v) is 10.8. The van der Waals surface area contributed by atoms with E-state index in [-0.39, 0.29) is 19.0 Å². The Morgan fingerprint density at radius 3 is 2.83 bits per heavy atom. The summed E-state index contributed by atoms with van der Waals surface area (Å²) in [6.45, 7) is 1.75. The quantitative estimate of drug-likeness (QED) is 0.651. The van der Waals surface area contributed by atoms with E-state index in [1.807, 2.05) is 0 Å². The first-order valence-electron chi connectivity index (χ1n) is 5.08. The predicted molar refractivity (Wildman–Crippen MR) is 63.8 cm³/mol. The molecule has 0 saturated heterocycles. The summed E-state index contributed by atoms with van der Waals surface area (Å²) in [6.07, 6.45) is 0.379. The van der Waals surface area contributed by atoms with Gasteiger partial charge in [-0.15, -0.1) is 0 Å². The minimum Gasteiger partial charge on any atom is -0.449 e. The van der Waals surface area contributed by atoms with E-state index in [9.17, 15) is 13.2 Å². The van der Waals surface area contributed by atoms with Crippen molar-refractivity contribution in [2.45, 2.75) is 13.5 Å². The molecule has 1 amide bonds. The Morgan fingerprint density at radius 2 is 2.28 bits per heavy atom. The van der Waals surface area contributed by atoms with Gasteiger partial charge in [-0.05, 0) is 6.92 Å². The summed E-state index contributed by atoms with van der Waals surface area (Å²) in [6, 6.07) is 0. The van der Waals surface area contributed by atoms with Gasteiger partial charge in [-0.1, -0.05) is 0 Å². The number of carbonyl (C=O) groups excluding carboxylic acids is 1. The van der Waals surface area contributed by atoms with Crippen LogP contribution in [0.3, 0.4) is 0 Å². The Bertz CT molecular complexity index is 524. The average Bonchev–Trinajstić information content (AvgIpc) is 2.59. The van der Waals surface area contributed by atoms with Gasteiger partial charge in [-0.2, -0.15) is 13.5 Å². The third kappa shape index (κ3) is 3.60. The lowest BCUT2D eigenvalue weighted by atomic mass is 10.3. The van der Waals surface area contributed by atoms with Crippen molar-refractivity contribution >= 4 is 22.1 Å². The summed E-state index contributed by atoms with van der Waals surface area (Å²) < 4.78 is 32.8. The van der Waals surface area contributed by atoms with Crippen molar-refractivity contribution in [1.82, 2.24) is 14.5 Å². The van der Waals surface area contributed by atoms with Crippen LogP contribution in [-0.4, -0.2) is 30.9 Å². The number of rotatable bonds is 5. The molecule has 0 aromatic carbocycles. The second-order valence-electron chi connectivity index (χ2n) is 3.27. The molecule has 0 bridgehead atoms. The summed E-state index contributed by atoms with van der Waals surface area (Å²) in [5, 5.41) is 3.85. The fourth-order valence-electron chi connectivity index (χ4n) is 1.19. The summed E-state index contributed by atoms with van der Waals surface area (Å²) in [5.41, 5.74) is 5.94. The lowest BCUT2D eigenvalue weighted by molar-refractivity contribution is 0.159. The van der Waals surface area contributed by atoms with Crippen molar-refractivity contribution in [3.63, 3.8) is 0 Å². The summed E-state index contributed by atoms with van der Waals surface area (Å²) in [7, 11) is -2.53. The van der Waals surface area contributed by atoms with E-state index in [4.69, 9.17) is 5.73 Å². The van der Waals surface area contributed by atoms with Gasteiger partial charge in [0.25, 0.3) is 0 Å². The molecule has 0 aliphatic carbocycles. The third-order valence-corrected chi connectivity index (χ3v) is 2.86. The fourth-order valence-corrected chi connectivity index (χ4v) is 2.03. The number of anilines is 1. The minimum absolute atomic E-state index is 0.0705. The first-order chi connectivity index (χ1) is 8.39. The maximum Gasteiger partial charge on any atom is 0.422 e. The van der Waals surface area contributed by atoms with Crippen LogP contribution < -0.4 is 15.2 Å². The van der Waals surface area contributed by atoms with Crippen LogP contribution in [-0.2, 0) is 28.5 Å². The van der Waals surface area contributed by atoms with Crippen LogP contribution in [0, 0.1) is 0 Å². The van der Waals surface area contributed by atoms with E-state index in [0.717, 1.165) is 0 Å². The van der Waals surface area contributed by atoms with Gasteiger partial charge in [0.1, 0.15) is 5.82 Å². The molecule has 10 heteroatoms. The number of amides is 1. The standard InChI is InChI=1S/C8H15N5O4S/c1-3-17-8(14)12-18(15,16)11-7-6(4-9)5-10-13(7)2/h5,11H,3-4,9H2,1-2H3,(H,12,14). The Labute approximate surface area is 104 Å². The molecule has 0 aliphatic heterocycles. The zero-order chi connectivity index (χ0) is 13.8. The number of hydrogen-bond donors (Lipinski definition) is 3. The van der Waals surface area contributed by atoms with E-state index in [2.05, 4.69) is 14.6 Å². The van der Waals surface area contributed by atoms with Crippen LogP contribution in [0.4, 0.5) is 10.6 Å². The molecule has 4 N–H and O–H groups in total. The van der Waals surface area contributed by atoms with Crippen molar-refractivity contribution in [3.8, 4) is 0 Å². The maximum absolute atomic E-state index is 11.6. The predicted octanol–water partition coefficient (Wildman–Crippen LogP) is -0.718. The van der Waals surface area contributed by atoms with Crippen LogP contribution in [0.15, 0.2) is 6.20 Å². The molecule has 1 aromatic rings. The Balaban J connectivity index is 2.82. The second-order valence-corrected chi connectivity index (χ2v) is 4.69. The lowest BCUT2D eigenvalue weighted by Crippen LogP contribution is -2.36. The highest BCUT2D eigenvalue weighted by Gasteiger charge is 2.18. The molecule has 102 valence electrons. The van der Waals surface area contributed by atoms with Crippen molar-refractivity contribution in [2.75, 3.05) is 11.3 Å².